The van der Waals surface area contributed by atoms with Gasteiger partial charge in [0.25, 0.3) is 0 Å². The molecule has 0 aliphatic carbocycles. The number of carboxylic acid groups (broad SMARTS) is 1. The number of benzene rings is 2. The van der Waals surface area contributed by atoms with E-state index in [4.69, 9.17) is 22.9 Å². The Morgan fingerprint density at radius 3 is 1.80 bits per heavy atom. The number of primary amides is 1. The second kappa shape index (κ2) is 19.4. The van der Waals surface area contributed by atoms with Crippen molar-refractivity contribution in [3.63, 3.8) is 0 Å². The highest BCUT2D eigenvalue weighted by Gasteiger charge is 2.40. The summed E-state index contributed by atoms with van der Waals surface area (Å²) < 4.78 is 0. The van der Waals surface area contributed by atoms with Crippen LogP contribution in [-0.2, 0) is 41.6 Å². The first-order chi connectivity index (χ1) is 23.8. The number of likely N-dealkylation sites (tertiary alicyclic amines) is 1. The van der Waals surface area contributed by atoms with Crippen molar-refractivity contribution in [3.8, 4) is 0 Å². The molecular formula is C35H50N8O7. The Morgan fingerprint density at radius 2 is 1.26 bits per heavy atom. The van der Waals surface area contributed by atoms with Crippen molar-refractivity contribution >= 4 is 35.5 Å². The monoisotopic (exact) mass is 694 g/mol. The van der Waals surface area contributed by atoms with E-state index < -0.39 is 65.2 Å². The van der Waals surface area contributed by atoms with Crippen LogP contribution in [0.4, 0.5) is 0 Å². The second-order valence-corrected chi connectivity index (χ2v) is 12.7. The van der Waals surface area contributed by atoms with Crippen LogP contribution in [0.3, 0.4) is 0 Å². The lowest BCUT2D eigenvalue weighted by Gasteiger charge is -2.38. The Labute approximate surface area is 291 Å². The Hall–Kier alpha value is -4.86. The van der Waals surface area contributed by atoms with Crippen LogP contribution in [0.25, 0.3) is 0 Å². The van der Waals surface area contributed by atoms with Gasteiger partial charge in [-0.1, -0.05) is 60.7 Å². The molecule has 12 N–H and O–H groups in total. The predicted molar refractivity (Wildman–Crippen MR) is 186 cm³/mol. The van der Waals surface area contributed by atoms with E-state index in [2.05, 4.69) is 16.0 Å². The molecule has 0 radical (unpaired) electrons. The Morgan fingerprint density at radius 1 is 0.740 bits per heavy atom. The zero-order valence-corrected chi connectivity index (χ0v) is 28.2. The fourth-order valence-electron chi connectivity index (χ4n) is 5.71. The summed E-state index contributed by atoms with van der Waals surface area (Å²) in [5, 5.41) is 17.6. The molecule has 4 atom stereocenters. The van der Waals surface area contributed by atoms with Crippen LogP contribution in [0.5, 0.6) is 0 Å². The molecule has 0 aromatic heterocycles. The zero-order valence-electron chi connectivity index (χ0n) is 28.2. The molecule has 15 heteroatoms. The number of carbonyl (C=O) groups excluding carboxylic acids is 5. The number of nitrogens with zero attached hydrogens (tertiary/aromatic N) is 1. The molecule has 1 fully saturated rings. The molecule has 50 heavy (non-hydrogen) atoms. The predicted octanol–water partition coefficient (Wildman–Crippen LogP) is -0.947. The highest BCUT2D eigenvalue weighted by molar-refractivity contribution is 5.95. The number of unbranched alkanes of at least 4 members (excludes halogenated alkanes) is 1. The minimum absolute atomic E-state index is 0.0400. The normalized spacial score (nSPS) is 16.3. The number of piperidine rings is 1. The van der Waals surface area contributed by atoms with E-state index in [0.29, 0.717) is 19.4 Å². The van der Waals surface area contributed by atoms with Gasteiger partial charge in [-0.3, -0.25) is 28.8 Å². The summed E-state index contributed by atoms with van der Waals surface area (Å²) in [4.78, 5) is 79.2. The number of aliphatic carboxylic acids is 1. The number of carbonyl (C=O) groups is 6. The summed E-state index contributed by atoms with van der Waals surface area (Å²) in [6, 6.07) is 13.7. The third-order valence-corrected chi connectivity index (χ3v) is 8.82. The number of nitrogens with one attached hydrogen (secondary N) is 3. The van der Waals surface area contributed by atoms with E-state index in [1.807, 2.05) is 36.4 Å². The molecule has 2 aromatic carbocycles. The highest BCUT2D eigenvalue weighted by atomic mass is 16.4. The number of nitrogens with two attached hydrogens (primary N) is 4. The quantitative estimate of drug-likeness (QED) is 0.0836. The van der Waals surface area contributed by atoms with Gasteiger partial charge in [0.15, 0.2) is 0 Å². The standard InChI is InChI=1S/C35H50N8O7/c36-18-8-7-13-27(33(48)43-19-16-35(39,17-20-43)34(49)50)41-31(46)26(14-15-29(38)44)40-32(47)28(22-24-11-5-2-6-12-24)42-30(45)25(37)21-23-9-3-1-4-10-23/h1-6,9-12,25-28H,7-8,13-22,36-37,39H2,(H2,38,44)(H,40,47)(H,41,46)(H,42,45)(H,49,50). The Bertz CT molecular complexity index is 1450. The molecule has 272 valence electrons. The van der Waals surface area contributed by atoms with Crippen molar-refractivity contribution in [3.05, 3.63) is 71.8 Å². The summed E-state index contributed by atoms with van der Waals surface area (Å²) in [6.07, 6.45) is 1.29. The van der Waals surface area contributed by atoms with E-state index in [-0.39, 0.29) is 58.0 Å². The summed E-state index contributed by atoms with van der Waals surface area (Å²) in [5.74, 6) is -4.28. The Kier molecular flexibility index (Phi) is 15.3. The molecule has 4 unspecified atom stereocenters. The van der Waals surface area contributed by atoms with Gasteiger partial charge in [0.1, 0.15) is 23.7 Å². The smallest absolute Gasteiger partial charge is 0.323 e. The van der Waals surface area contributed by atoms with Gasteiger partial charge < -0.3 is 48.9 Å². The molecule has 15 nitrogen and oxygen atoms in total. The molecule has 5 amide bonds. The van der Waals surface area contributed by atoms with Crippen molar-refractivity contribution in [1.82, 2.24) is 20.9 Å². The molecule has 1 heterocycles. The highest BCUT2D eigenvalue weighted by Crippen LogP contribution is 2.21. The van der Waals surface area contributed by atoms with Crippen LogP contribution in [0.15, 0.2) is 60.7 Å². The third kappa shape index (κ3) is 12.2. The number of hydrogen-bond donors (Lipinski definition) is 8. The lowest BCUT2D eigenvalue weighted by molar-refractivity contribution is -0.148. The molecule has 0 bridgehead atoms. The fraction of sp³-hybridized carbons (Fsp3) is 0.486. The molecule has 1 saturated heterocycles. The van der Waals surface area contributed by atoms with Gasteiger partial charge in [-0.25, -0.2) is 0 Å². The molecule has 0 saturated carbocycles. The van der Waals surface area contributed by atoms with Crippen molar-refractivity contribution in [2.75, 3.05) is 19.6 Å². The van der Waals surface area contributed by atoms with Crippen LogP contribution in [-0.4, -0.2) is 94.9 Å². The van der Waals surface area contributed by atoms with Gasteiger partial charge in [0.05, 0.1) is 6.04 Å². The maximum absolute atomic E-state index is 13.8. The summed E-state index contributed by atoms with van der Waals surface area (Å²) >= 11 is 0. The van der Waals surface area contributed by atoms with Gasteiger partial charge >= 0.3 is 5.97 Å². The van der Waals surface area contributed by atoms with Gasteiger partial charge in [-0.2, -0.15) is 0 Å². The zero-order chi connectivity index (χ0) is 36.7. The van der Waals surface area contributed by atoms with Gasteiger partial charge in [0, 0.05) is 25.9 Å². The number of carboxylic acids is 1. The topological polar surface area (TPSA) is 266 Å². The SMILES string of the molecule is NCCCCC(NC(=O)C(CCC(N)=O)NC(=O)C(Cc1ccccc1)NC(=O)C(N)Cc1ccccc1)C(=O)N1CCC(N)(C(=O)O)CC1. The van der Waals surface area contributed by atoms with Crippen LogP contribution < -0.4 is 38.9 Å². The molecule has 0 spiro atoms. The Balaban J connectivity index is 1.79. The average Bonchev–Trinajstić information content (AvgIpc) is 3.10. The van der Waals surface area contributed by atoms with Crippen molar-refractivity contribution < 1.29 is 33.9 Å². The van der Waals surface area contributed by atoms with E-state index in [0.717, 1.165) is 11.1 Å². The molecule has 1 aliphatic heterocycles. The van der Waals surface area contributed by atoms with E-state index in [9.17, 15) is 33.9 Å². The molecule has 3 rings (SSSR count). The van der Waals surface area contributed by atoms with Crippen molar-refractivity contribution in [1.29, 1.82) is 0 Å². The summed E-state index contributed by atoms with van der Waals surface area (Å²) in [5.41, 5.74) is 23.4. The minimum atomic E-state index is -1.45. The van der Waals surface area contributed by atoms with E-state index in [1.54, 1.807) is 24.3 Å². The molecule has 1 aliphatic rings. The second-order valence-electron chi connectivity index (χ2n) is 12.7. The molecule has 2 aromatic rings. The van der Waals surface area contributed by atoms with Crippen LogP contribution in [0.1, 0.15) is 56.1 Å². The fourth-order valence-corrected chi connectivity index (χ4v) is 5.71. The number of hydrogen-bond acceptors (Lipinski definition) is 9. The first-order valence-corrected chi connectivity index (χ1v) is 16.9. The van der Waals surface area contributed by atoms with E-state index >= 15 is 0 Å². The summed E-state index contributed by atoms with van der Waals surface area (Å²) in [6.45, 7) is 0.535. The maximum Gasteiger partial charge on any atom is 0.323 e. The third-order valence-electron chi connectivity index (χ3n) is 8.82. The van der Waals surface area contributed by atoms with E-state index in [1.165, 1.54) is 4.90 Å². The first-order valence-electron chi connectivity index (χ1n) is 16.9. The molecular weight excluding hydrogens is 644 g/mol. The van der Waals surface area contributed by atoms with Crippen LogP contribution in [0.2, 0.25) is 0 Å². The largest absolute Gasteiger partial charge is 0.480 e. The minimum Gasteiger partial charge on any atom is -0.480 e. The number of rotatable bonds is 19. The number of amides is 5. The van der Waals surface area contributed by atoms with Crippen LogP contribution in [0, 0.1) is 0 Å². The van der Waals surface area contributed by atoms with Gasteiger partial charge in [-0.05, 0) is 62.6 Å². The lowest BCUT2D eigenvalue weighted by atomic mass is 9.88. The van der Waals surface area contributed by atoms with Crippen molar-refractivity contribution in [2.45, 2.75) is 87.5 Å². The average molecular weight is 695 g/mol. The maximum atomic E-state index is 13.8. The van der Waals surface area contributed by atoms with Crippen LogP contribution >= 0.6 is 0 Å². The lowest BCUT2D eigenvalue weighted by Crippen LogP contribution is -2.60. The van der Waals surface area contributed by atoms with Crippen molar-refractivity contribution in [2.24, 2.45) is 22.9 Å². The van der Waals surface area contributed by atoms with Gasteiger partial charge in [0.2, 0.25) is 29.5 Å². The first kappa shape index (κ1) is 39.6. The summed E-state index contributed by atoms with van der Waals surface area (Å²) in [7, 11) is 0. The van der Waals surface area contributed by atoms with Gasteiger partial charge in [-0.15, -0.1) is 0 Å².